The molecule has 1 aromatic carbocycles. The highest BCUT2D eigenvalue weighted by Crippen LogP contribution is 2.28. The van der Waals surface area contributed by atoms with E-state index in [2.05, 4.69) is 0 Å². The molecule has 0 saturated carbocycles. The van der Waals surface area contributed by atoms with Crippen molar-refractivity contribution in [1.82, 2.24) is 4.31 Å². The van der Waals surface area contributed by atoms with Gasteiger partial charge in [0.25, 0.3) is 0 Å². The topological polar surface area (TPSA) is 83.6 Å². The summed E-state index contributed by atoms with van der Waals surface area (Å²) in [7, 11) is -3.50. The number of rotatable bonds is 3. The Hall–Kier alpha value is -1.11. The van der Waals surface area contributed by atoms with E-state index in [0.717, 1.165) is 5.56 Å². The fourth-order valence-corrected chi connectivity index (χ4v) is 3.57. The van der Waals surface area contributed by atoms with E-state index in [4.69, 9.17) is 10.8 Å². The molecule has 0 aliphatic carbocycles. The maximum atomic E-state index is 12.2. The van der Waals surface area contributed by atoms with Crippen LogP contribution in [0.3, 0.4) is 0 Å². The van der Waals surface area contributed by atoms with Gasteiger partial charge in [0, 0.05) is 25.6 Å². The van der Waals surface area contributed by atoms with Gasteiger partial charge >= 0.3 is 0 Å². The van der Waals surface area contributed by atoms with Crippen molar-refractivity contribution in [1.29, 1.82) is 0 Å². The van der Waals surface area contributed by atoms with E-state index in [1.807, 2.05) is 6.92 Å². The summed E-state index contributed by atoms with van der Waals surface area (Å²) in [4.78, 5) is 0.152. The van der Waals surface area contributed by atoms with Gasteiger partial charge in [-0.25, -0.2) is 8.42 Å². The SMILES string of the molecule is Cc1ccc(S(=O)(=O)N2CC(CO)C2)c(N)c1. The average Bonchev–Trinajstić information content (AvgIpc) is 2.14. The molecule has 0 bridgehead atoms. The number of hydrogen-bond donors (Lipinski definition) is 2. The first-order chi connectivity index (χ1) is 7.95. The minimum Gasteiger partial charge on any atom is -0.398 e. The lowest BCUT2D eigenvalue weighted by Crippen LogP contribution is -2.51. The molecule has 0 radical (unpaired) electrons. The van der Waals surface area contributed by atoms with Crippen molar-refractivity contribution < 1.29 is 13.5 Å². The van der Waals surface area contributed by atoms with Crippen molar-refractivity contribution in [3.63, 3.8) is 0 Å². The van der Waals surface area contributed by atoms with Crippen molar-refractivity contribution in [2.45, 2.75) is 11.8 Å². The van der Waals surface area contributed by atoms with Gasteiger partial charge in [0.2, 0.25) is 10.0 Å². The molecule has 6 heteroatoms. The Bertz CT molecular complexity index is 522. The van der Waals surface area contributed by atoms with Crippen LogP contribution in [0.1, 0.15) is 5.56 Å². The van der Waals surface area contributed by atoms with E-state index in [1.165, 1.54) is 10.4 Å². The summed E-state index contributed by atoms with van der Waals surface area (Å²) in [6, 6.07) is 4.91. The van der Waals surface area contributed by atoms with Crippen LogP contribution in [0, 0.1) is 12.8 Å². The Kier molecular flexibility index (Phi) is 3.11. The van der Waals surface area contributed by atoms with Crippen molar-refractivity contribution >= 4 is 15.7 Å². The number of sulfonamides is 1. The molecule has 1 aromatic rings. The minimum atomic E-state index is -3.50. The van der Waals surface area contributed by atoms with Crippen LogP contribution in [0.5, 0.6) is 0 Å². The third kappa shape index (κ3) is 2.15. The molecule has 0 spiro atoms. The maximum Gasteiger partial charge on any atom is 0.245 e. The molecule has 5 nitrogen and oxygen atoms in total. The van der Waals surface area contributed by atoms with Gasteiger partial charge in [-0.3, -0.25) is 0 Å². The smallest absolute Gasteiger partial charge is 0.245 e. The number of nitrogens with two attached hydrogens (primary N) is 1. The third-order valence-electron chi connectivity index (χ3n) is 2.96. The van der Waals surface area contributed by atoms with Crippen LogP contribution in [0.2, 0.25) is 0 Å². The Labute approximate surface area is 101 Å². The predicted molar refractivity (Wildman–Crippen MR) is 64.9 cm³/mol. The molecule has 17 heavy (non-hydrogen) atoms. The molecular formula is C11H16N2O3S. The van der Waals surface area contributed by atoms with Crippen molar-refractivity contribution in [2.75, 3.05) is 25.4 Å². The van der Waals surface area contributed by atoms with Gasteiger partial charge in [-0.2, -0.15) is 4.31 Å². The van der Waals surface area contributed by atoms with E-state index in [-0.39, 0.29) is 23.1 Å². The largest absolute Gasteiger partial charge is 0.398 e. The second kappa shape index (κ2) is 4.29. The number of nitrogen functional groups attached to an aromatic ring is 1. The first-order valence-corrected chi connectivity index (χ1v) is 6.86. The highest BCUT2D eigenvalue weighted by atomic mass is 32.2. The number of benzene rings is 1. The highest BCUT2D eigenvalue weighted by Gasteiger charge is 2.36. The zero-order valence-electron chi connectivity index (χ0n) is 9.63. The summed E-state index contributed by atoms with van der Waals surface area (Å²) in [6.45, 7) is 2.62. The quantitative estimate of drug-likeness (QED) is 0.756. The average molecular weight is 256 g/mol. The lowest BCUT2D eigenvalue weighted by atomic mass is 10.1. The van der Waals surface area contributed by atoms with Crippen molar-refractivity contribution in [2.24, 2.45) is 5.92 Å². The molecule has 1 fully saturated rings. The van der Waals surface area contributed by atoms with E-state index in [1.54, 1.807) is 12.1 Å². The van der Waals surface area contributed by atoms with E-state index in [0.29, 0.717) is 13.1 Å². The lowest BCUT2D eigenvalue weighted by Gasteiger charge is -2.37. The van der Waals surface area contributed by atoms with Gasteiger partial charge in [0.05, 0.1) is 5.69 Å². The highest BCUT2D eigenvalue weighted by molar-refractivity contribution is 7.89. The van der Waals surface area contributed by atoms with Gasteiger partial charge in [-0.05, 0) is 24.6 Å². The van der Waals surface area contributed by atoms with E-state index >= 15 is 0 Å². The lowest BCUT2D eigenvalue weighted by molar-refractivity contribution is 0.117. The van der Waals surface area contributed by atoms with Crippen molar-refractivity contribution in [3.8, 4) is 0 Å². The number of nitrogens with zero attached hydrogens (tertiary/aromatic N) is 1. The molecule has 1 heterocycles. The minimum absolute atomic E-state index is 0.0232. The molecule has 2 rings (SSSR count). The van der Waals surface area contributed by atoms with Crippen LogP contribution in [-0.4, -0.2) is 37.5 Å². The van der Waals surface area contributed by atoms with Gasteiger partial charge in [0.1, 0.15) is 4.90 Å². The zero-order chi connectivity index (χ0) is 12.6. The maximum absolute atomic E-state index is 12.2. The summed E-state index contributed by atoms with van der Waals surface area (Å²) in [5, 5.41) is 8.88. The number of aliphatic hydroxyl groups excluding tert-OH is 1. The van der Waals surface area contributed by atoms with Crippen LogP contribution < -0.4 is 5.73 Å². The second-order valence-electron chi connectivity index (χ2n) is 4.41. The summed E-state index contributed by atoms with van der Waals surface area (Å²) >= 11 is 0. The summed E-state index contributed by atoms with van der Waals surface area (Å²) in [5.74, 6) is 0.0523. The van der Waals surface area contributed by atoms with Crippen LogP contribution in [0.15, 0.2) is 23.1 Å². The van der Waals surface area contributed by atoms with Crippen LogP contribution >= 0.6 is 0 Å². The van der Waals surface area contributed by atoms with Gasteiger partial charge < -0.3 is 10.8 Å². The van der Waals surface area contributed by atoms with Gasteiger partial charge in [-0.15, -0.1) is 0 Å². The zero-order valence-corrected chi connectivity index (χ0v) is 10.4. The predicted octanol–water partition coefficient (Wildman–Crippen LogP) is 0.190. The van der Waals surface area contributed by atoms with Gasteiger partial charge in [0.15, 0.2) is 0 Å². The molecule has 1 aliphatic heterocycles. The second-order valence-corrected chi connectivity index (χ2v) is 6.32. The standard InChI is InChI=1S/C11H16N2O3S/c1-8-2-3-11(10(12)4-8)17(15,16)13-5-9(6-13)7-14/h2-4,9,14H,5-7,12H2,1H3. The summed E-state index contributed by atoms with van der Waals surface area (Å²) in [5.41, 5.74) is 6.94. The Morgan fingerprint density at radius 2 is 2.12 bits per heavy atom. The number of anilines is 1. The van der Waals surface area contributed by atoms with E-state index in [9.17, 15) is 8.42 Å². The van der Waals surface area contributed by atoms with Crippen LogP contribution in [0.4, 0.5) is 5.69 Å². The van der Waals surface area contributed by atoms with Crippen LogP contribution in [-0.2, 0) is 10.0 Å². The van der Waals surface area contributed by atoms with Crippen molar-refractivity contribution in [3.05, 3.63) is 23.8 Å². The molecular weight excluding hydrogens is 240 g/mol. The van der Waals surface area contributed by atoms with E-state index < -0.39 is 10.0 Å². The monoisotopic (exact) mass is 256 g/mol. The molecule has 0 unspecified atom stereocenters. The molecule has 3 N–H and O–H groups in total. The van der Waals surface area contributed by atoms with Gasteiger partial charge in [-0.1, -0.05) is 6.07 Å². The Morgan fingerprint density at radius 3 is 2.65 bits per heavy atom. The normalized spacial score (nSPS) is 18.0. The number of hydrogen-bond acceptors (Lipinski definition) is 4. The van der Waals surface area contributed by atoms with Crippen LogP contribution in [0.25, 0.3) is 0 Å². The summed E-state index contributed by atoms with van der Waals surface area (Å²) in [6.07, 6.45) is 0. The third-order valence-corrected chi connectivity index (χ3v) is 4.87. The Morgan fingerprint density at radius 1 is 1.47 bits per heavy atom. The molecule has 1 saturated heterocycles. The first kappa shape index (κ1) is 12.3. The molecule has 0 aromatic heterocycles. The number of aryl methyl sites for hydroxylation is 1. The summed E-state index contributed by atoms with van der Waals surface area (Å²) < 4.78 is 25.7. The molecule has 94 valence electrons. The number of aliphatic hydroxyl groups is 1. The molecule has 1 aliphatic rings. The first-order valence-electron chi connectivity index (χ1n) is 5.42. The fourth-order valence-electron chi connectivity index (χ4n) is 1.88. The fraction of sp³-hybridized carbons (Fsp3) is 0.455. The Balaban J connectivity index is 2.27. The molecule has 0 amide bonds. The molecule has 0 atom stereocenters.